The van der Waals surface area contributed by atoms with Crippen molar-refractivity contribution in [3.05, 3.63) is 47.3 Å². The van der Waals surface area contributed by atoms with Crippen molar-refractivity contribution < 1.29 is 0 Å². The predicted molar refractivity (Wildman–Crippen MR) is 83.2 cm³/mol. The van der Waals surface area contributed by atoms with Crippen LogP contribution in [0.15, 0.2) is 30.5 Å². The molecule has 3 nitrogen and oxygen atoms in total. The van der Waals surface area contributed by atoms with Gasteiger partial charge in [-0.1, -0.05) is 6.07 Å². The van der Waals surface area contributed by atoms with Crippen molar-refractivity contribution in [2.45, 2.75) is 31.6 Å². The second-order valence-corrected chi connectivity index (χ2v) is 5.94. The fourth-order valence-corrected chi connectivity index (χ4v) is 3.03. The molecule has 0 amide bonds. The Morgan fingerprint density at radius 2 is 2.14 bits per heavy atom. The van der Waals surface area contributed by atoms with E-state index >= 15 is 0 Å². The van der Waals surface area contributed by atoms with Gasteiger partial charge in [-0.05, 0) is 49.4 Å². The second kappa shape index (κ2) is 4.89. The third-order valence-electron chi connectivity index (χ3n) is 4.40. The van der Waals surface area contributed by atoms with Crippen molar-refractivity contribution in [1.29, 1.82) is 5.26 Å². The minimum atomic E-state index is 0.669. The van der Waals surface area contributed by atoms with Crippen LogP contribution in [0.1, 0.15) is 42.0 Å². The zero-order chi connectivity index (χ0) is 14.2. The summed E-state index contributed by atoms with van der Waals surface area (Å²) in [6.07, 6.45) is 6.68. The number of pyridine rings is 1. The van der Waals surface area contributed by atoms with Gasteiger partial charge in [-0.25, -0.2) is 0 Å². The van der Waals surface area contributed by atoms with Crippen molar-refractivity contribution >= 4 is 5.69 Å². The molecule has 1 saturated carbocycles. The molecule has 2 heterocycles. The molecule has 2 aliphatic rings. The Morgan fingerprint density at radius 1 is 1.24 bits per heavy atom. The molecule has 0 radical (unpaired) electrons. The minimum Gasteiger partial charge on any atom is -0.385 e. The number of fused-ring (bicyclic) bond motifs is 1. The Kier molecular flexibility index (Phi) is 2.89. The van der Waals surface area contributed by atoms with Crippen LogP contribution in [-0.2, 0) is 6.42 Å². The summed E-state index contributed by atoms with van der Waals surface area (Å²) in [5.41, 5.74) is 6.39. The van der Waals surface area contributed by atoms with Crippen LogP contribution in [0.2, 0.25) is 0 Å². The number of anilines is 1. The van der Waals surface area contributed by atoms with Crippen LogP contribution in [-0.4, -0.2) is 11.5 Å². The fraction of sp³-hybridized carbons (Fsp3) is 0.333. The Labute approximate surface area is 124 Å². The van der Waals surface area contributed by atoms with Gasteiger partial charge in [-0.15, -0.1) is 0 Å². The summed E-state index contributed by atoms with van der Waals surface area (Å²) in [6, 6.07) is 10.7. The molecule has 3 heteroatoms. The topological polar surface area (TPSA) is 48.7 Å². The summed E-state index contributed by atoms with van der Waals surface area (Å²) < 4.78 is 0. The molecule has 0 saturated heterocycles. The molecular formula is C18H17N3. The van der Waals surface area contributed by atoms with Gasteiger partial charge in [0.15, 0.2) is 0 Å². The number of nitrogens with zero attached hydrogens (tertiary/aromatic N) is 2. The highest BCUT2D eigenvalue weighted by Crippen LogP contribution is 2.39. The summed E-state index contributed by atoms with van der Waals surface area (Å²) in [5, 5.41) is 12.8. The highest BCUT2D eigenvalue weighted by molar-refractivity contribution is 5.75. The molecular weight excluding hydrogens is 258 g/mol. The Morgan fingerprint density at radius 3 is 2.86 bits per heavy atom. The maximum atomic E-state index is 9.44. The molecule has 1 N–H and O–H groups in total. The number of benzene rings is 1. The normalized spacial score (nSPS) is 16.7. The zero-order valence-electron chi connectivity index (χ0n) is 11.9. The SMILES string of the molecule is N#Cc1cc2c(cc1-c1ccc(C3CC3)nc1)CCCN2. The van der Waals surface area contributed by atoms with Gasteiger partial charge in [0.1, 0.15) is 0 Å². The second-order valence-electron chi connectivity index (χ2n) is 5.94. The van der Waals surface area contributed by atoms with Crippen LogP contribution in [0.5, 0.6) is 0 Å². The van der Waals surface area contributed by atoms with Crippen LogP contribution < -0.4 is 5.32 Å². The third kappa shape index (κ3) is 2.27. The molecule has 0 atom stereocenters. The van der Waals surface area contributed by atoms with Gasteiger partial charge in [0.25, 0.3) is 0 Å². The van der Waals surface area contributed by atoms with Crippen molar-refractivity contribution in [3.8, 4) is 17.2 Å². The van der Waals surface area contributed by atoms with Crippen LogP contribution in [0.3, 0.4) is 0 Å². The molecule has 104 valence electrons. The first kappa shape index (κ1) is 12.4. The lowest BCUT2D eigenvalue weighted by Gasteiger charge is -2.19. The molecule has 21 heavy (non-hydrogen) atoms. The molecule has 1 aliphatic carbocycles. The van der Waals surface area contributed by atoms with Crippen LogP contribution >= 0.6 is 0 Å². The van der Waals surface area contributed by atoms with Gasteiger partial charge in [-0.3, -0.25) is 4.98 Å². The highest BCUT2D eigenvalue weighted by atomic mass is 14.9. The first-order chi connectivity index (χ1) is 10.3. The fourth-order valence-electron chi connectivity index (χ4n) is 3.03. The smallest absolute Gasteiger partial charge is 0.0998 e. The number of hydrogen-bond donors (Lipinski definition) is 1. The Bertz CT molecular complexity index is 721. The summed E-state index contributed by atoms with van der Waals surface area (Å²) in [6.45, 7) is 0.995. The van der Waals surface area contributed by atoms with E-state index in [0.29, 0.717) is 5.92 Å². The monoisotopic (exact) mass is 275 g/mol. The van der Waals surface area contributed by atoms with E-state index in [-0.39, 0.29) is 0 Å². The number of nitrogens with one attached hydrogen (secondary N) is 1. The van der Waals surface area contributed by atoms with E-state index in [4.69, 9.17) is 0 Å². The number of rotatable bonds is 2. The lowest BCUT2D eigenvalue weighted by molar-refractivity contribution is 0.830. The van der Waals surface area contributed by atoms with E-state index in [0.717, 1.165) is 41.8 Å². The van der Waals surface area contributed by atoms with E-state index in [9.17, 15) is 5.26 Å². The highest BCUT2D eigenvalue weighted by Gasteiger charge is 2.24. The van der Waals surface area contributed by atoms with Gasteiger partial charge in [-0.2, -0.15) is 5.26 Å². The largest absolute Gasteiger partial charge is 0.385 e. The number of aryl methyl sites for hydroxylation is 1. The number of hydrogen-bond acceptors (Lipinski definition) is 3. The average Bonchev–Trinajstić information content (AvgIpc) is 3.39. The average molecular weight is 275 g/mol. The maximum absolute atomic E-state index is 9.44. The number of nitriles is 1. The van der Waals surface area contributed by atoms with Gasteiger partial charge in [0.2, 0.25) is 0 Å². The molecule has 4 rings (SSSR count). The van der Waals surface area contributed by atoms with Crippen molar-refractivity contribution in [1.82, 2.24) is 4.98 Å². The Balaban J connectivity index is 1.77. The quantitative estimate of drug-likeness (QED) is 0.905. The van der Waals surface area contributed by atoms with Crippen LogP contribution in [0.4, 0.5) is 5.69 Å². The zero-order valence-corrected chi connectivity index (χ0v) is 11.9. The lowest BCUT2D eigenvalue weighted by Crippen LogP contribution is -2.12. The molecule has 2 aromatic rings. The van der Waals surface area contributed by atoms with Crippen LogP contribution in [0, 0.1) is 11.3 Å². The Hall–Kier alpha value is -2.34. The molecule has 1 aromatic heterocycles. The van der Waals surface area contributed by atoms with Crippen LogP contribution in [0.25, 0.3) is 11.1 Å². The van der Waals surface area contributed by atoms with E-state index in [1.165, 1.54) is 24.1 Å². The minimum absolute atomic E-state index is 0.669. The molecule has 1 aliphatic heterocycles. The summed E-state index contributed by atoms with van der Waals surface area (Å²) in [4.78, 5) is 4.58. The van der Waals surface area contributed by atoms with Crippen molar-refractivity contribution in [2.75, 3.05) is 11.9 Å². The predicted octanol–water partition coefficient (Wildman–Crippen LogP) is 3.86. The van der Waals surface area contributed by atoms with Gasteiger partial charge < -0.3 is 5.32 Å². The molecule has 0 unspecified atom stereocenters. The van der Waals surface area contributed by atoms with E-state index in [1.807, 2.05) is 12.3 Å². The lowest BCUT2D eigenvalue weighted by atomic mass is 9.94. The molecule has 0 bridgehead atoms. The maximum Gasteiger partial charge on any atom is 0.0998 e. The van der Waals surface area contributed by atoms with Crippen molar-refractivity contribution in [3.63, 3.8) is 0 Å². The van der Waals surface area contributed by atoms with Gasteiger partial charge >= 0.3 is 0 Å². The number of aromatic nitrogens is 1. The van der Waals surface area contributed by atoms with E-state index in [2.05, 4.69) is 34.6 Å². The van der Waals surface area contributed by atoms with Crippen molar-refractivity contribution in [2.24, 2.45) is 0 Å². The molecule has 1 aromatic carbocycles. The van der Waals surface area contributed by atoms with Gasteiger partial charge in [0, 0.05) is 41.2 Å². The first-order valence-electron chi connectivity index (χ1n) is 7.62. The first-order valence-corrected chi connectivity index (χ1v) is 7.62. The van der Waals surface area contributed by atoms with E-state index < -0.39 is 0 Å². The summed E-state index contributed by atoms with van der Waals surface area (Å²) in [5.74, 6) is 0.669. The van der Waals surface area contributed by atoms with Gasteiger partial charge in [0.05, 0.1) is 11.6 Å². The third-order valence-corrected chi connectivity index (χ3v) is 4.40. The molecule has 0 spiro atoms. The summed E-state index contributed by atoms with van der Waals surface area (Å²) in [7, 11) is 0. The van der Waals surface area contributed by atoms with E-state index in [1.54, 1.807) is 0 Å². The molecule has 1 fully saturated rings. The summed E-state index contributed by atoms with van der Waals surface area (Å²) >= 11 is 0. The standard InChI is InChI=1S/C18H17N3/c19-10-15-9-18-13(2-1-7-20-18)8-16(15)14-5-6-17(21-11-14)12-3-4-12/h5-6,8-9,11-12,20H,1-4,7H2.